The minimum atomic E-state index is -3.13. The monoisotopic (exact) mass is 436 g/mol. The molecule has 5 rings (SSSR count). The van der Waals surface area contributed by atoms with Crippen LogP contribution in [0.4, 0.5) is 19.3 Å². The quantitative estimate of drug-likeness (QED) is 0.782. The number of ether oxygens (including phenoxy) is 1. The van der Waals surface area contributed by atoms with Crippen LogP contribution < -0.4 is 10.1 Å². The molecule has 2 aliphatic carbocycles. The van der Waals surface area contributed by atoms with Crippen LogP contribution in [0.1, 0.15) is 35.6 Å². The van der Waals surface area contributed by atoms with Crippen molar-refractivity contribution in [2.24, 2.45) is 4.36 Å². The van der Waals surface area contributed by atoms with Crippen molar-refractivity contribution in [2.75, 3.05) is 11.6 Å². The second-order valence-electron chi connectivity index (χ2n) is 8.21. The highest BCUT2D eigenvalue weighted by Gasteiger charge is 2.34. The van der Waals surface area contributed by atoms with Gasteiger partial charge in [0, 0.05) is 24.8 Å². The molecule has 0 saturated carbocycles. The Hall–Kier alpha value is -2.49. The molecule has 1 unspecified atom stereocenters. The summed E-state index contributed by atoms with van der Waals surface area (Å²) in [5, 5.41) is 6.85. The molecular weight excluding hydrogens is 414 g/mol. The third-order valence-electron chi connectivity index (χ3n) is 5.97. The average Bonchev–Trinajstić information content (AvgIpc) is 3.40. The Morgan fingerprint density at radius 2 is 2.03 bits per heavy atom. The van der Waals surface area contributed by atoms with Crippen molar-refractivity contribution in [3.63, 3.8) is 0 Å². The summed E-state index contributed by atoms with van der Waals surface area (Å²) in [6.07, 6.45) is 3.50. The fourth-order valence-corrected chi connectivity index (χ4v) is 5.87. The summed E-state index contributed by atoms with van der Waals surface area (Å²) in [5.41, 5.74) is 2.53. The number of alkyl halides is 1. The fraction of sp³-hybridized carbons (Fsp3) is 0.500. The SMILES string of the molecule is C[C@H]1Cn2ncc(S(C)(=O)=NC(=O)Nc3c4c(c(F)c5c3C[C@@H](F)C5)CCC4)c2O1. The van der Waals surface area contributed by atoms with E-state index in [-0.39, 0.29) is 29.7 Å². The minimum Gasteiger partial charge on any atom is -0.472 e. The second kappa shape index (κ2) is 6.76. The summed E-state index contributed by atoms with van der Waals surface area (Å²) >= 11 is 0. The minimum absolute atomic E-state index is 0.0110. The van der Waals surface area contributed by atoms with Crippen LogP contribution in [0.5, 0.6) is 5.88 Å². The zero-order chi connectivity index (χ0) is 21.2. The van der Waals surface area contributed by atoms with Crippen molar-refractivity contribution < 1.29 is 22.5 Å². The molecule has 10 heteroatoms. The number of urea groups is 1. The normalized spacial score (nSPS) is 23.3. The Morgan fingerprint density at radius 3 is 2.83 bits per heavy atom. The van der Waals surface area contributed by atoms with Gasteiger partial charge in [-0.25, -0.2) is 22.5 Å². The van der Waals surface area contributed by atoms with E-state index in [9.17, 15) is 17.8 Å². The molecule has 2 aromatic rings. The summed E-state index contributed by atoms with van der Waals surface area (Å²) in [6.45, 7) is 2.41. The van der Waals surface area contributed by atoms with Gasteiger partial charge >= 0.3 is 6.03 Å². The number of fused-ring (bicyclic) bond motifs is 3. The van der Waals surface area contributed by atoms with Crippen LogP contribution in [-0.4, -0.2) is 38.6 Å². The van der Waals surface area contributed by atoms with Gasteiger partial charge < -0.3 is 10.1 Å². The molecule has 30 heavy (non-hydrogen) atoms. The van der Waals surface area contributed by atoms with E-state index >= 15 is 0 Å². The standard InChI is InChI=1S/C20H22F2N4O3S/c1-10-9-26-19(29-10)16(8-23-26)30(2,28)25-20(27)24-18-13-5-3-4-12(13)17(22)14-6-11(21)7-15(14)18/h8,10-11H,3-7,9H2,1-2H3,(H,24,27)/t10-,11-,30?/m0/s1. The topological polar surface area (TPSA) is 85.6 Å². The Morgan fingerprint density at radius 1 is 1.30 bits per heavy atom. The van der Waals surface area contributed by atoms with E-state index < -0.39 is 21.9 Å². The van der Waals surface area contributed by atoms with Crippen molar-refractivity contribution in [1.29, 1.82) is 0 Å². The van der Waals surface area contributed by atoms with Crippen LogP contribution in [0.3, 0.4) is 0 Å². The molecular formula is C20H22F2N4O3S. The van der Waals surface area contributed by atoms with Crippen molar-refractivity contribution >= 4 is 21.4 Å². The van der Waals surface area contributed by atoms with Gasteiger partial charge in [0.15, 0.2) is 0 Å². The zero-order valence-electron chi connectivity index (χ0n) is 16.7. The molecule has 0 radical (unpaired) electrons. The van der Waals surface area contributed by atoms with Crippen molar-refractivity contribution in [3.8, 4) is 5.88 Å². The molecule has 3 aliphatic rings. The van der Waals surface area contributed by atoms with Crippen molar-refractivity contribution in [1.82, 2.24) is 9.78 Å². The highest BCUT2D eigenvalue weighted by atomic mass is 32.2. The van der Waals surface area contributed by atoms with Gasteiger partial charge in [0.25, 0.3) is 0 Å². The average molecular weight is 436 g/mol. The Labute approximate surface area is 173 Å². The summed E-state index contributed by atoms with van der Waals surface area (Å²) in [7, 11) is -3.13. The molecule has 0 bridgehead atoms. The van der Waals surface area contributed by atoms with Crippen LogP contribution in [0.25, 0.3) is 0 Å². The number of carbonyl (C=O) groups is 1. The first-order valence-electron chi connectivity index (χ1n) is 9.99. The van der Waals surface area contributed by atoms with Gasteiger partial charge in [0.05, 0.1) is 22.5 Å². The molecule has 1 aromatic carbocycles. The van der Waals surface area contributed by atoms with Gasteiger partial charge in [-0.3, -0.25) is 0 Å². The maximum absolute atomic E-state index is 14.8. The molecule has 2 heterocycles. The third-order valence-corrected chi connectivity index (χ3v) is 7.58. The first kappa shape index (κ1) is 19.5. The predicted octanol–water partition coefficient (Wildman–Crippen LogP) is 3.42. The molecule has 2 amide bonds. The van der Waals surface area contributed by atoms with Gasteiger partial charge in [-0.1, -0.05) is 0 Å². The lowest BCUT2D eigenvalue weighted by molar-refractivity contribution is 0.248. The maximum Gasteiger partial charge on any atom is 0.353 e. The molecule has 1 aliphatic heterocycles. The van der Waals surface area contributed by atoms with Crippen LogP contribution in [0, 0.1) is 5.82 Å². The zero-order valence-corrected chi connectivity index (χ0v) is 17.5. The van der Waals surface area contributed by atoms with Crippen LogP contribution >= 0.6 is 0 Å². The van der Waals surface area contributed by atoms with Gasteiger partial charge in [0.1, 0.15) is 23.0 Å². The van der Waals surface area contributed by atoms with E-state index in [2.05, 4.69) is 14.8 Å². The number of hydrogen-bond acceptors (Lipinski definition) is 4. The van der Waals surface area contributed by atoms with Gasteiger partial charge in [-0.2, -0.15) is 5.10 Å². The third kappa shape index (κ3) is 3.00. The molecule has 7 nitrogen and oxygen atoms in total. The first-order chi connectivity index (χ1) is 14.2. The van der Waals surface area contributed by atoms with E-state index in [1.807, 2.05) is 6.92 Å². The van der Waals surface area contributed by atoms with Gasteiger partial charge in [-0.05, 0) is 48.4 Å². The number of anilines is 1. The Kier molecular flexibility index (Phi) is 4.39. The maximum atomic E-state index is 14.8. The fourth-order valence-electron chi connectivity index (χ4n) is 4.69. The predicted molar refractivity (Wildman–Crippen MR) is 107 cm³/mol. The number of amides is 2. The van der Waals surface area contributed by atoms with Crippen LogP contribution in [-0.2, 0) is 42.0 Å². The smallest absolute Gasteiger partial charge is 0.353 e. The second-order valence-corrected chi connectivity index (χ2v) is 10.4. The summed E-state index contributed by atoms with van der Waals surface area (Å²) in [6, 6.07) is -0.807. The number of halogens is 2. The van der Waals surface area contributed by atoms with E-state index in [0.29, 0.717) is 53.2 Å². The summed E-state index contributed by atoms with van der Waals surface area (Å²) in [5.74, 6) is 0.0176. The number of rotatable bonds is 2. The van der Waals surface area contributed by atoms with E-state index in [4.69, 9.17) is 4.74 Å². The molecule has 3 atom stereocenters. The lowest BCUT2D eigenvalue weighted by Crippen LogP contribution is -2.15. The highest BCUT2D eigenvalue weighted by molar-refractivity contribution is 7.93. The largest absolute Gasteiger partial charge is 0.472 e. The summed E-state index contributed by atoms with van der Waals surface area (Å²) in [4.78, 5) is 13.0. The first-order valence-corrected chi connectivity index (χ1v) is 11.9. The highest BCUT2D eigenvalue weighted by Crippen LogP contribution is 2.41. The lowest BCUT2D eigenvalue weighted by atomic mass is 9.98. The number of hydrogen-bond donors (Lipinski definition) is 1. The van der Waals surface area contributed by atoms with Gasteiger partial charge in [-0.15, -0.1) is 4.36 Å². The molecule has 160 valence electrons. The Bertz CT molecular complexity index is 1200. The molecule has 1 aromatic heterocycles. The molecule has 1 N–H and O–H groups in total. The number of nitrogens with one attached hydrogen (secondary N) is 1. The van der Waals surface area contributed by atoms with E-state index in [1.165, 1.54) is 12.5 Å². The van der Waals surface area contributed by atoms with Crippen LogP contribution in [0.15, 0.2) is 15.5 Å². The van der Waals surface area contributed by atoms with Gasteiger partial charge in [0.2, 0.25) is 5.88 Å². The number of nitrogens with zero attached hydrogens (tertiary/aromatic N) is 3. The van der Waals surface area contributed by atoms with Crippen LogP contribution in [0.2, 0.25) is 0 Å². The summed E-state index contributed by atoms with van der Waals surface area (Å²) < 4.78 is 53.2. The Balaban J connectivity index is 1.51. The number of benzene rings is 1. The number of carbonyl (C=O) groups excluding carboxylic acids is 1. The van der Waals surface area contributed by atoms with Crippen molar-refractivity contribution in [3.05, 3.63) is 34.3 Å². The van der Waals surface area contributed by atoms with E-state index in [0.717, 1.165) is 6.42 Å². The molecule has 0 fully saturated rings. The molecule has 0 spiro atoms. The lowest BCUT2D eigenvalue weighted by Gasteiger charge is -2.16. The van der Waals surface area contributed by atoms with E-state index in [1.54, 1.807) is 4.68 Å². The number of aromatic nitrogens is 2. The van der Waals surface area contributed by atoms with Crippen molar-refractivity contribution in [2.45, 2.75) is 62.7 Å². The molecule has 0 saturated heterocycles.